The quantitative estimate of drug-likeness (QED) is 0.729. The standard InChI is InChI=1S/C9H19NOS/c1-2-6-12(11)9-5-3-4-8(10)7-9/h8-9H,2-7,10H2,1H3. The second-order valence-electron chi connectivity index (χ2n) is 3.63. The maximum atomic E-state index is 11.6. The fourth-order valence-corrected chi connectivity index (χ4v) is 3.41. The highest BCUT2D eigenvalue weighted by molar-refractivity contribution is 7.85. The molecule has 3 unspecified atom stereocenters. The summed E-state index contributed by atoms with van der Waals surface area (Å²) in [4.78, 5) is 0. The lowest BCUT2D eigenvalue weighted by atomic mass is 9.96. The molecule has 0 bridgehead atoms. The Balaban J connectivity index is 2.35. The molecule has 3 atom stereocenters. The average Bonchev–Trinajstić information content (AvgIpc) is 2.05. The molecule has 12 heavy (non-hydrogen) atoms. The van der Waals surface area contributed by atoms with E-state index in [0.717, 1.165) is 31.4 Å². The minimum Gasteiger partial charge on any atom is -0.328 e. The van der Waals surface area contributed by atoms with E-state index in [1.165, 1.54) is 6.42 Å². The van der Waals surface area contributed by atoms with E-state index < -0.39 is 10.8 Å². The Hall–Kier alpha value is 0.110. The van der Waals surface area contributed by atoms with Crippen molar-refractivity contribution in [2.45, 2.75) is 50.3 Å². The summed E-state index contributed by atoms with van der Waals surface area (Å²) >= 11 is 0. The van der Waals surface area contributed by atoms with Crippen LogP contribution >= 0.6 is 0 Å². The number of nitrogens with two attached hydrogens (primary N) is 1. The topological polar surface area (TPSA) is 43.1 Å². The third kappa shape index (κ3) is 2.87. The van der Waals surface area contributed by atoms with Crippen molar-refractivity contribution in [1.29, 1.82) is 0 Å². The van der Waals surface area contributed by atoms with Gasteiger partial charge >= 0.3 is 0 Å². The molecule has 0 radical (unpaired) electrons. The van der Waals surface area contributed by atoms with Crippen LogP contribution < -0.4 is 5.73 Å². The highest BCUT2D eigenvalue weighted by Gasteiger charge is 2.23. The average molecular weight is 189 g/mol. The molecule has 72 valence electrons. The van der Waals surface area contributed by atoms with Crippen LogP contribution in [0.2, 0.25) is 0 Å². The van der Waals surface area contributed by atoms with Gasteiger partial charge < -0.3 is 5.73 Å². The summed E-state index contributed by atoms with van der Waals surface area (Å²) in [6.45, 7) is 2.08. The Morgan fingerprint density at radius 2 is 2.25 bits per heavy atom. The smallest absolute Gasteiger partial charge is 0.0362 e. The van der Waals surface area contributed by atoms with Gasteiger partial charge in [-0.3, -0.25) is 4.21 Å². The summed E-state index contributed by atoms with van der Waals surface area (Å²) in [6, 6.07) is 0.310. The van der Waals surface area contributed by atoms with E-state index in [1.54, 1.807) is 0 Å². The molecule has 1 rings (SSSR count). The maximum Gasteiger partial charge on any atom is 0.0362 e. The maximum absolute atomic E-state index is 11.6. The highest BCUT2D eigenvalue weighted by Crippen LogP contribution is 2.21. The van der Waals surface area contributed by atoms with Gasteiger partial charge in [0.25, 0.3) is 0 Å². The Bertz CT molecular complexity index is 161. The normalized spacial score (nSPS) is 33.2. The molecule has 0 aromatic heterocycles. The van der Waals surface area contributed by atoms with Gasteiger partial charge in [0.2, 0.25) is 0 Å². The van der Waals surface area contributed by atoms with Crippen molar-refractivity contribution in [2.24, 2.45) is 5.73 Å². The van der Waals surface area contributed by atoms with Crippen LogP contribution in [0.15, 0.2) is 0 Å². The van der Waals surface area contributed by atoms with E-state index in [4.69, 9.17) is 5.73 Å². The minimum atomic E-state index is -0.607. The van der Waals surface area contributed by atoms with Crippen LogP contribution in [-0.2, 0) is 10.8 Å². The molecule has 2 nitrogen and oxygen atoms in total. The van der Waals surface area contributed by atoms with Crippen LogP contribution in [0.4, 0.5) is 0 Å². The number of hydrogen-bond donors (Lipinski definition) is 1. The first kappa shape index (κ1) is 10.2. The van der Waals surface area contributed by atoms with Crippen molar-refractivity contribution in [3.63, 3.8) is 0 Å². The van der Waals surface area contributed by atoms with Gasteiger partial charge in [0.15, 0.2) is 0 Å². The molecule has 3 heteroatoms. The molecule has 0 saturated heterocycles. The first-order chi connectivity index (χ1) is 5.74. The summed E-state index contributed by atoms with van der Waals surface area (Å²) in [5.74, 6) is 0.859. The van der Waals surface area contributed by atoms with Gasteiger partial charge in [0, 0.05) is 27.8 Å². The molecule has 1 aliphatic carbocycles. The van der Waals surface area contributed by atoms with Gasteiger partial charge in [0.05, 0.1) is 0 Å². The van der Waals surface area contributed by atoms with Crippen LogP contribution in [0.1, 0.15) is 39.0 Å². The molecular formula is C9H19NOS. The van der Waals surface area contributed by atoms with Gasteiger partial charge in [0.1, 0.15) is 0 Å². The van der Waals surface area contributed by atoms with Crippen LogP contribution in [0.25, 0.3) is 0 Å². The van der Waals surface area contributed by atoms with Gasteiger partial charge in [-0.1, -0.05) is 13.3 Å². The lowest BCUT2D eigenvalue weighted by Gasteiger charge is -2.25. The van der Waals surface area contributed by atoms with Gasteiger partial charge in [-0.05, 0) is 25.7 Å². The van der Waals surface area contributed by atoms with Crippen LogP contribution in [0.3, 0.4) is 0 Å². The third-order valence-corrected chi connectivity index (χ3v) is 4.43. The second kappa shape index (κ2) is 4.97. The predicted octanol–water partition coefficient (Wildman–Crippen LogP) is 1.41. The summed E-state index contributed by atoms with van der Waals surface area (Å²) in [7, 11) is -0.607. The monoisotopic (exact) mass is 189 g/mol. The lowest BCUT2D eigenvalue weighted by molar-refractivity contribution is 0.444. The Labute approximate surface area is 77.4 Å². The van der Waals surface area contributed by atoms with Crippen molar-refractivity contribution in [3.8, 4) is 0 Å². The van der Waals surface area contributed by atoms with Gasteiger partial charge in [-0.15, -0.1) is 0 Å². The molecule has 2 N–H and O–H groups in total. The Morgan fingerprint density at radius 1 is 1.50 bits per heavy atom. The first-order valence-corrected chi connectivity index (χ1v) is 6.25. The van der Waals surface area contributed by atoms with Gasteiger partial charge in [-0.2, -0.15) is 0 Å². The molecule has 1 fully saturated rings. The molecule has 1 saturated carbocycles. The molecule has 0 aromatic carbocycles. The molecule has 0 heterocycles. The van der Waals surface area contributed by atoms with Crippen LogP contribution in [0, 0.1) is 0 Å². The number of rotatable bonds is 3. The fourth-order valence-electron chi connectivity index (χ4n) is 1.79. The summed E-state index contributed by atoms with van der Waals surface area (Å²) in [5.41, 5.74) is 5.82. The molecule has 1 aliphatic rings. The predicted molar refractivity (Wildman–Crippen MR) is 53.5 cm³/mol. The summed E-state index contributed by atoms with van der Waals surface area (Å²) in [5, 5.41) is 0.397. The molecule has 0 spiro atoms. The van der Waals surface area contributed by atoms with Crippen molar-refractivity contribution < 1.29 is 4.21 Å². The zero-order valence-electron chi connectivity index (χ0n) is 7.79. The largest absolute Gasteiger partial charge is 0.328 e. The van der Waals surface area contributed by atoms with Crippen LogP contribution in [-0.4, -0.2) is 21.3 Å². The number of hydrogen-bond acceptors (Lipinski definition) is 2. The van der Waals surface area contributed by atoms with Crippen molar-refractivity contribution >= 4 is 10.8 Å². The third-order valence-electron chi connectivity index (χ3n) is 2.44. The van der Waals surface area contributed by atoms with E-state index in [1.807, 2.05) is 0 Å². The Kier molecular flexibility index (Phi) is 4.22. The molecule has 0 aliphatic heterocycles. The van der Waals surface area contributed by atoms with Crippen molar-refractivity contribution in [2.75, 3.05) is 5.75 Å². The van der Waals surface area contributed by atoms with E-state index in [-0.39, 0.29) is 0 Å². The van der Waals surface area contributed by atoms with Gasteiger partial charge in [-0.25, -0.2) is 0 Å². The zero-order valence-corrected chi connectivity index (χ0v) is 8.61. The van der Waals surface area contributed by atoms with Crippen LogP contribution in [0.5, 0.6) is 0 Å². The first-order valence-electron chi connectivity index (χ1n) is 4.86. The summed E-state index contributed by atoms with van der Waals surface area (Å²) in [6.07, 6.45) is 5.42. The zero-order chi connectivity index (χ0) is 8.97. The fraction of sp³-hybridized carbons (Fsp3) is 1.00. The molecular weight excluding hydrogens is 170 g/mol. The van der Waals surface area contributed by atoms with Crippen molar-refractivity contribution in [1.82, 2.24) is 0 Å². The lowest BCUT2D eigenvalue weighted by Crippen LogP contribution is -2.33. The van der Waals surface area contributed by atoms with E-state index in [2.05, 4.69) is 6.92 Å². The summed E-state index contributed by atoms with van der Waals surface area (Å²) < 4.78 is 11.6. The highest BCUT2D eigenvalue weighted by atomic mass is 32.2. The molecule has 0 amide bonds. The van der Waals surface area contributed by atoms with E-state index >= 15 is 0 Å². The second-order valence-corrected chi connectivity index (χ2v) is 5.47. The minimum absolute atomic E-state index is 0.310. The Morgan fingerprint density at radius 3 is 2.83 bits per heavy atom. The van der Waals surface area contributed by atoms with Crippen molar-refractivity contribution in [3.05, 3.63) is 0 Å². The van der Waals surface area contributed by atoms with E-state index in [9.17, 15) is 4.21 Å². The van der Waals surface area contributed by atoms with E-state index in [0.29, 0.717) is 11.3 Å². The SMILES string of the molecule is CCCS(=O)C1CCCC(N)C1. The molecule has 0 aromatic rings.